The van der Waals surface area contributed by atoms with Crippen molar-refractivity contribution in [3.8, 4) is 6.07 Å². The van der Waals surface area contributed by atoms with Crippen LogP contribution in [0.2, 0.25) is 0 Å². The van der Waals surface area contributed by atoms with Crippen molar-refractivity contribution in [1.29, 1.82) is 5.26 Å². The van der Waals surface area contributed by atoms with Crippen LogP contribution < -0.4 is 0 Å². The van der Waals surface area contributed by atoms with E-state index < -0.39 is 0 Å². The Labute approximate surface area is 140 Å². The summed E-state index contributed by atoms with van der Waals surface area (Å²) in [6, 6.07) is 7.59. The molecule has 2 rings (SSSR count). The number of carbonyl (C=O) groups excluding carboxylic acids is 2. The van der Waals surface area contributed by atoms with Crippen molar-refractivity contribution < 1.29 is 14.0 Å². The number of carbonyl (C=O) groups is 2. The molecule has 2 amide bonds. The quantitative estimate of drug-likeness (QED) is 0.829. The number of hydrazone groups is 1. The van der Waals surface area contributed by atoms with E-state index in [1.165, 1.54) is 22.0 Å². The molecule has 1 aromatic rings. The maximum atomic E-state index is 13.0. The summed E-state index contributed by atoms with van der Waals surface area (Å²) in [6.07, 6.45) is 0.710. The monoisotopic (exact) mass is 330 g/mol. The summed E-state index contributed by atoms with van der Waals surface area (Å²) in [5, 5.41) is 14.2. The molecule has 7 heteroatoms. The van der Waals surface area contributed by atoms with Gasteiger partial charge in [-0.2, -0.15) is 10.4 Å². The second-order valence-electron chi connectivity index (χ2n) is 5.75. The fourth-order valence-electron chi connectivity index (χ4n) is 2.31. The van der Waals surface area contributed by atoms with Gasteiger partial charge in [0.1, 0.15) is 11.5 Å². The SMILES string of the molecule is CC(CC#N)N(C)C(=O)C1=NN(Cc2ccc(F)cc2)C(=O)CC1. The maximum Gasteiger partial charge on any atom is 0.270 e. The first kappa shape index (κ1) is 17.6. The van der Waals surface area contributed by atoms with Crippen LogP contribution >= 0.6 is 0 Å². The van der Waals surface area contributed by atoms with E-state index >= 15 is 0 Å². The van der Waals surface area contributed by atoms with E-state index in [2.05, 4.69) is 5.10 Å². The van der Waals surface area contributed by atoms with Gasteiger partial charge in [0.2, 0.25) is 5.91 Å². The molecule has 1 aliphatic heterocycles. The summed E-state index contributed by atoms with van der Waals surface area (Å²) in [5.74, 6) is -0.811. The highest BCUT2D eigenvalue weighted by Crippen LogP contribution is 2.16. The van der Waals surface area contributed by atoms with Gasteiger partial charge in [0, 0.05) is 25.9 Å². The van der Waals surface area contributed by atoms with Crippen molar-refractivity contribution in [2.75, 3.05) is 7.05 Å². The lowest BCUT2D eigenvalue weighted by molar-refractivity contribution is -0.132. The molecule has 0 spiro atoms. The van der Waals surface area contributed by atoms with Crippen molar-refractivity contribution in [3.63, 3.8) is 0 Å². The Balaban J connectivity index is 2.13. The van der Waals surface area contributed by atoms with Crippen LogP contribution in [-0.4, -0.2) is 40.5 Å². The van der Waals surface area contributed by atoms with E-state index in [1.807, 2.05) is 6.07 Å². The second kappa shape index (κ2) is 7.68. The summed E-state index contributed by atoms with van der Waals surface area (Å²) < 4.78 is 13.0. The molecule has 1 heterocycles. The predicted molar refractivity (Wildman–Crippen MR) is 86.1 cm³/mol. The van der Waals surface area contributed by atoms with Crippen LogP contribution in [0.25, 0.3) is 0 Å². The highest BCUT2D eigenvalue weighted by Gasteiger charge is 2.27. The Morgan fingerprint density at radius 1 is 1.42 bits per heavy atom. The van der Waals surface area contributed by atoms with Gasteiger partial charge in [-0.15, -0.1) is 0 Å². The fraction of sp³-hybridized carbons (Fsp3) is 0.412. The Bertz CT molecular complexity index is 694. The predicted octanol–water partition coefficient (Wildman–Crippen LogP) is 2.06. The van der Waals surface area contributed by atoms with E-state index in [4.69, 9.17) is 5.26 Å². The molecule has 1 atom stereocenters. The molecule has 1 unspecified atom stereocenters. The smallest absolute Gasteiger partial charge is 0.270 e. The molecule has 6 nitrogen and oxygen atoms in total. The van der Waals surface area contributed by atoms with Crippen LogP contribution in [0, 0.1) is 17.1 Å². The fourth-order valence-corrected chi connectivity index (χ4v) is 2.31. The van der Waals surface area contributed by atoms with E-state index in [-0.39, 0.29) is 49.5 Å². The normalized spacial score (nSPS) is 15.5. The van der Waals surface area contributed by atoms with Gasteiger partial charge < -0.3 is 4.90 Å². The average Bonchev–Trinajstić information content (AvgIpc) is 2.57. The van der Waals surface area contributed by atoms with Gasteiger partial charge in [-0.05, 0) is 24.6 Å². The van der Waals surface area contributed by atoms with Gasteiger partial charge >= 0.3 is 0 Å². The minimum atomic E-state index is -0.351. The zero-order chi connectivity index (χ0) is 17.7. The van der Waals surface area contributed by atoms with Gasteiger partial charge in [-0.1, -0.05) is 12.1 Å². The molecule has 0 aliphatic carbocycles. The van der Waals surface area contributed by atoms with Gasteiger partial charge in [0.05, 0.1) is 19.0 Å². The first-order valence-corrected chi connectivity index (χ1v) is 7.68. The number of nitriles is 1. The molecule has 1 aliphatic rings. The van der Waals surface area contributed by atoms with E-state index in [0.717, 1.165) is 5.56 Å². The van der Waals surface area contributed by atoms with Crippen LogP contribution in [0.1, 0.15) is 31.7 Å². The van der Waals surface area contributed by atoms with Crippen LogP contribution in [0.5, 0.6) is 0 Å². The summed E-state index contributed by atoms with van der Waals surface area (Å²) in [7, 11) is 1.62. The van der Waals surface area contributed by atoms with Gasteiger partial charge in [-0.25, -0.2) is 9.40 Å². The molecular weight excluding hydrogens is 311 g/mol. The Morgan fingerprint density at radius 3 is 2.71 bits per heavy atom. The molecule has 24 heavy (non-hydrogen) atoms. The lowest BCUT2D eigenvalue weighted by Crippen LogP contribution is -2.43. The Morgan fingerprint density at radius 2 is 2.08 bits per heavy atom. The van der Waals surface area contributed by atoms with E-state index in [9.17, 15) is 14.0 Å². The second-order valence-corrected chi connectivity index (χ2v) is 5.75. The number of hydrogen-bond donors (Lipinski definition) is 0. The van der Waals surface area contributed by atoms with E-state index in [1.54, 1.807) is 26.1 Å². The largest absolute Gasteiger partial charge is 0.337 e. The van der Waals surface area contributed by atoms with Crippen molar-refractivity contribution in [3.05, 3.63) is 35.6 Å². The summed E-state index contributed by atoms with van der Waals surface area (Å²) in [4.78, 5) is 25.9. The van der Waals surface area contributed by atoms with Gasteiger partial charge in [-0.3, -0.25) is 9.59 Å². The number of nitrogens with zero attached hydrogens (tertiary/aromatic N) is 4. The Kier molecular flexibility index (Phi) is 5.64. The van der Waals surface area contributed by atoms with Crippen LogP contribution in [0.4, 0.5) is 4.39 Å². The highest BCUT2D eigenvalue weighted by molar-refractivity contribution is 6.39. The number of benzene rings is 1. The molecule has 1 aromatic carbocycles. The summed E-state index contributed by atoms with van der Waals surface area (Å²) >= 11 is 0. The molecule has 126 valence electrons. The third kappa shape index (κ3) is 4.16. The minimum Gasteiger partial charge on any atom is -0.337 e. The molecular formula is C17H19FN4O2. The van der Waals surface area contributed by atoms with Crippen LogP contribution in [0.15, 0.2) is 29.4 Å². The lowest BCUT2D eigenvalue weighted by Gasteiger charge is -2.27. The van der Waals surface area contributed by atoms with Crippen molar-refractivity contribution >= 4 is 17.5 Å². The van der Waals surface area contributed by atoms with Crippen molar-refractivity contribution in [2.45, 2.75) is 38.8 Å². The third-order valence-corrected chi connectivity index (χ3v) is 3.97. The van der Waals surface area contributed by atoms with Gasteiger partial charge in [0.15, 0.2) is 0 Å². The topological polar surface area (TPSA) is 76.8 Å². The third-order valence-electron chi connectivity index (χ3n) is 3.97. The minimum absolute atomic E-state index is 0.177. The van der Waals surface area contributed by atoms with Crippen LogP contribution in [-0.2, 0) is 16.1 Å². The molecule has 0 aromatic heterocycles. The van der Waals surface area contributed by atoms with E-state index in [0.29, 0.717) is 5.71 Å². The molecule has 0 radical (unpaired) electrons. The summed E-state index contributed by atoms with van der Waals surface area (Å²) in [6.45, 7) is 1.97. The summed E-state index contributed by atoms with van der Waals surface area (Å²) in [5.41, 5.74) is 1.03. The first-order valence-electron chi connectivity index (χ1n) is 7.68. The first-order chi connectivity index (χ1) is 11.4. The van der Waals surface area contributed by atoms with Crippen molar-refractivity contribution in [2.24, 2.45) is 5.10 Å². The molecule has 0 N–H and O–H groups in total. The highest BCUT2D eigenvalue weighted by atomic mass is 19.1. The zero-order valence-corrected chi connectivity index (χ0v) is 13.7. The number of hydrogen-bond acceptors (Lipinski definition) is 4. The maximum absolute atomic E-state index is 13.0. The van der Waals surface area contributed by atoms with Crippen molar-refractivity contribution in [1.82, 2.24) is 9.91 Å². The number of rotatable bonds is 5. The molecule has 0 saturated heterocycles. The lowest BCUT2D eigenvalue weighted by atomic mass is 10.1. The zero-order valence-electron chi connectivity index (χ0n) is 13.7. The van der Waals surface area contributed by atoms with Gasteiger partial charge in [0.25, 0.3) is 5.91 Å². The molecule has 0 saturated carbocycles. The number of amides is 2. The standard InChI is InChI=1S/C17H19FN4O2/c1-12(9-10-19)21(2)17(24)15-7-8-16(23)22(20-15)11-13-3-5-14(18)6-4-13/h3-6,12H,7-9,11H2,1-2H3. The average molecular weight is 330 g/mol. The molecule has 0 bridgehead atoms. The number of halogens is 1. The Hall–Kier alpha value is -2.75. The molecule has 0 fully saturated rings. The van der Waals surface area contributed by atoms with Crippen LogP contribution in [0.3, 0.4) is 0 Å².